The van der Waals surface area contributed by atoms with Gasteiger partial charge in [-0.3, -0.25) is 0 Å². The van der Waals surface area contributed by atoms with Crippen LogP contribution < -0.4 is 4.90 Å². The Morgan fingerprint density at radius 2 is 2.33 bits per heavy atom. The van der Waals surface area contributed by atoms with Gasteiger partial charge in [0.2, 0.25) is 0 Å². The molecule has 0 aliphatic heterocycles. The van der Waals surface area contributed by atoms with Gasteiger partial charge in [-0.15, -0.1) is 11.3 Å². The van der Waals surface area contributed by atoms with Crippen LogP contribution in [-0.4, -0.2) is 11.0 Å². The molecule has 90 valence electrons. The average molecular weight is 255 g/mol. The molecule has 2 heterocycles. The van der Waals surface area contributed by atoms with Gasteiger partial charge in [0.15, 0.2) is 0 Å². The Balaban J connectivity index is 1.87. The first-order valence-corrected chi connectivity index (χ1v) is 6.90. The number of thiophene rings is 1. The minimum absolute atomic E-state index is 0.591. The summed E-state index contributed by atoms with van der Waals surface area (Å²) < 4.78 is 0. The first-order chi connectivity index (χ1) is 8.86. The molecule has 1 saturated carbocycles. The summed E-state index contributed by atoms with van der Waals surface area (Å²) in [6.07, 6.45) is 4.17. The lowest BCUT2D eigenvalue weighted by molar-refractivity contribution is 0.786. The molecule has 2 aromatic heterocycles. The first kappa shape index (κ1) is 11.2. The lowest BCUT2D eigenvalue weighted by atomic mass is 10.2. The second-order valence-electron chi connectivity index (χ2n) is 4.45. The van der Waals surface area contributed by atoms with Crippen molar-refractivity contribution in [1.29, 1.82) is 5.26 Å². The average Bonchev–Trinajstić information content (AvgIpc) is 3.13. The topological polar surface area (TPSA) is 39.9 Å². The summed E-state index contributed by atoms with van der Waals surface area (Å²) in [5.74, 6) is 0.921. The molecule has 0 bridgehead atoms. The van der Waals surface area contributed by atoms with E-state index < -0.39 is 0 Å². The summed E-state index contributed by atoms with van der Waals surface area (Å²) in [5.41, 5.74) is 0.678. The van der Waals surface area contributed by atoms with Crippen LogP contribution in [0.4, 0.5) is 5.82 Å². The SMILES string of the molecule is N#Cc1ccnc(N(Cc2cccs2)C2CC2)c1. The fraction of sp³-hybridized carbons (Fsp3) is 0.286. The van der Waals surface area contributed by atoms with E-state index in [2.05, 4.69) is 33.5 Å². The first-order valence-electron chi connectivity index (χ1n) is 6.02. The molecule has 0 atom stereocenters. The van der Waals surface area contributed by atoms with Gasteiger partial charge in [-0.05, 0) is 36.4 Å². The normalized spacial score (nSPS) is 14.2. The number of rotatable bonds is 4. The zero-order chi connectivity index (χ0) is 12.4. The number of hydrogen-bond acceptors (Lipinski definition) is 4. The molecule has 1 aliphatic carbocycles. The molecule has 0 N–H and O–H groups in total. The summed E-state index contributed by atoms with van der Waals surface area (Å²) in [4.78, 5) is 8.06. The van der Waals surface area contributed by atoms with E-state index in [1.807, 2.05) is 6.07 Å². The third-order valence-corrected chi connectivity index (χ3v) is 3.92. The van der Waals surface area contributed by atoms with Gasteiger partial charge in [0.05, 0.1) is 18.2 Å². The van der Waals surface area contributed by atoms with Gasteiger partial charge < -0.3 is 4.90 Å². The molecule has 0 aromatic carbocycles. The molecule has 3 rings (SSSR count). The second kappa shape index (κ2) is 4.79. The predicted molar refractivity (Wildman–Crippen MR) is 72.5 cm³/mol. The van der Waals surface area contributed by atoms with E-state index in [1.54, 1.807) is 23.6 Å². The van der Waals surface area contributed by atoms with Gasteiger partial charge >= 0.3 is 0 Å². The Morgan fingerprint density at radius 1 is 1.44 bits per heavy atom. The van der Waals surface area contributed by atoms with Gasteiger partial charge in [-0.25, -0.2) is 4.98 Å². The predicted octanol–water partition coefficient (Wildman–Crippen LogP) is 3.18. The van der Waals surface area contributed by atoms with Crippen LogP contribution in [0.3, 0.4) is 0 Å². The van der Waals surface area contributed by atoms with Gasteiger partial charge in [-0.1, -0.05) is 6.07 Å². The van der Waals surface area contributed by atoms with Crippen LogP contribution >= 0.6 is 11.3 Å². The standard InChI is InChI=1S/C14H13N3S/c15-9-11-5-6-16-14(8-11)17(12-3-4-12)10-13-2-1-7-18-13/h1-2,5-8,12H,3-4,10H2. The highest BCUT2D eigenvalue weighted by Crippen LogP contribution is 2.32. The fourth-order valence-corrected chi connectivity index (χ4v) is 2.70. The lowest BCUT2D eigenvalue weighted by Gasteiger charge is -2.22. The van der Waals surface area contributed by atoms with Gasteiger partial charge in [0.1, 0.15) is 5.82 Å². The highest BCUT2D eigenvalue weighted by Gasteiger charge is 2.30. The maximum absolute atomic E-state index is 8.96. The van der Waals surface area contributed by atoms with Crippen molar-refractivity contribution in [2.75, 3.05) is 4.90 Å². The van der Waals surface area contributed by atoms with Gasteiger partial charge in [0, 0.05) is 17.1 Å². The van der Waals surface area contributed by atoms with Crippen molar-refractivity contribution < 1.29 is 0 Å². The minimum atomic E-state index is 0.591. The molecule has 0 unspecified atom stereocenters. The van der Waals surface area contributed by atoms with Gasteiger partial charge in [-0.2, -0.15) is 5.26 Å². The Morgan fingerprint density at radius 3 is 3.00 bits per heavy atom. The van der Waals surface area contributed by atoms with Crippen molar-refractivity contribution in [3.63, 3.8) is 0 Å². The van der Waals surface area contributed by atoms with Crippen molar-refractivity contribution in [3.8, 4) is 6.07 Å². The van der Waals surface area contributed by atoms with Crippen molar-refractivity contribution in [1.82, 2.24) is 4.98 Å². The molecule has 2 aromatic rings. The van der Waals surface area contributed by atoms with Gasteiger partial charge in [0.25, 0.3) is 0 Å². The Kier molecular flexibility index (Phi) is 2.99. The summed E-state index contributed by atoms with van der Waals surface area (Å²) >= 11 is 1.77. The van der Waals surface area contributed by atoms with Crippen molar-refractivity contribution in [2.24, 2.45) is 0 Å². The van der Waals surface area contributed by atoms with Crippen LogP contribution in [0.25, 0.3) is 0 Å². The zero-order valence-corrected chi connectivity index (χ0v) is 10.7. The smallest absolute Gasteiger partial charge is 0.130 e. The maximum atomic E-state index is 8.96. The number of nitriles is 1. The fourth-order valence-electron chi connectivity index (χ4n) is 2.00. The third kappa shape index (κ3) is 2.36. The number of hydrogen-bond donors (Lipinski definition) is 0. The van der Waals surface area contributed by atoms with Crippen molar-refractivity contribution in [3.05, 3.63) is 46.3 Å². The molecule has 0 radical (unpaired) electrons. The number of pyridine rings is 1. The van der Waals surface area contributed by atoms with E-state index in [-0.39, 0.29) is 0 Å². The van der Waals surface area contributed by atoms with Crippen LogP contribution in [0.15, 0.2) is 35.8 Å². The monoisotopic (exact) mass is 255 g/mol. The minimum Gasteiger partial charge on any atom is -0.348 e. The molecule has 0 amide bonds. The molecule has 1 aliphatic rings. The quantitative estimate of drug-likeness (QED) is 0.842. The number of nitrogens with zero attached hydrogens (tertiary/aromatic N) is 3. The van der Waals surface area contributed by atoms with Crippen molar-refractivity contribution in [2.45, 2.75) is 25.4 Å². The molecule has 4 heteroatoms. The number of anilines is 1. The lowest BCUT2D eigenvalue weighted by Crippen LogP contribution is -2.25. The van der Waals surface area contributed by atoms with Crippen LogP contribution in [0.5, 0.6) is 0 Å². The van der Waals surface area contributed by atoms with Crippen LogP contribution in [-0.2, 0) is 6.54 Å². The summed E-state index contributed by atoms with van der Waals surface area (Å²) in [6, 6.07) is 10.6. The molecule has 18 heavy (non-hydrogen) atoms. The van der Waals surface area contributed by atoms with E-state index in [4.69, 9.17) is 5.26 Å². The summed E-state index contributed by atoms with van der Waals surface area (Å²) in [6.45, 7) is 0.893. The van der Waals surface area contributed by atoms with E-state index in [0.29, 0.717) is 11.6 Å². The second-order valence-corrected chi connectivity index (χ2v) is 5.49. The van der Waals surface area contributed by atoms with E-state index in [9.17, 15) is 0 Å². The Hall–Kier alpha value is -1.86. The zero-order valence-electron chi connectivity index (χ0n) is 9.91. The van der Waals surface area contributed by atoms with E-state index in [0.717, 1.165) is 12.4 Å². The van der Waals surface area contributed by atoms with Crippen molar-refractivity contribution >= 4 is 17.2 Å². The summed E-state index contributed by atoms with van der Waals surface area (Å²) in [5, 5.41) is 11.1. The Bertz CT molecular complexity index is 567. The Labute approximate surface area is 110 Å². The molecule has 3 nitrogen and oxygen atoms in total. The van der Waals surface area contributed by atoms with Crippen LogP contribution in [0, 0.1) is 11.3 Å². The molecular weight excluding hydrogens is 242 g/mol. The highest BCUT2D eigenvalue weighted by atomic mass is 32.1. The van der Waals surface area contributed by atoms with E-state index >= 15 is 0 Å². The van der Waals surface area contributed by atoms with Crippen LogP contribution in [0.1, 0.15) is 23.3 Å². The van der Waals surface area contributed by atoms with E-state index in [1.165, 1.54) is 17.7 Å². The third-order valence-electron chi connectivity index (χ3n) is 3.06. The molecular formula is C14H13N3S. The molecule has 0 spiro atoms. The van der Waals surface area contributed by atoms with Crippen LogP contribution in [0.2, 0.25) is 0 Å². The summed E-state index contributed by atoms with van der Waals surface area (Å²) in [7, 11) is 0. The molecule has 1 fully saturated rings. The maximum Gasteiger partial charge on any atom is 0.130 e. The number of aromatic nitrogens is 1. The highest BCUT2D eigenvalue weighted by molar-refractivity contribution is 7.09. The molecule has 0 saturated heterocycles. The largest absolute Gasteiger partial charge is 0.348 e.